The minimum atomic E-state index is -2.47. The molecule has 0 amide bonds. The van der Waals surface area contributed by atoms with Gasteiger partial charge in [0.2, 0.25) is 0 Å². The van der Waals surface area contributed by atoms with Gasteiger partial charge in [-0.3, -0.25) is 0 Å². The first-order chi connectivity index (χ1) is 14.7. The Labute approximate surface area is 201 Å². The van der Waals surface area contributed by atoms with Gasteiger partial charge in [-0.2, -0.15) is 0 Å². The summed E-state index contributed by atoms with van der Waals surface area (Å²) >= 11 is -2.47. The summed E-state index contributed by atoms with van der Waals surface area (Å²) in [5.41, 5.74) is 1.93. The molecule has 0 fully saturated rings. The molecule has 31 heavy (non-hydrogen) atoms. The zero-order chi connectivity index (χ0) is 23.5. The SMILES string of the molecule is CCC[CH2][Sn]([CH2]CCC)([CH2]CCC)[C]1=CCC[C@H](CO[Si](C(C)C)(C(C)C)C(C)C)O1. The van der Waals surface area contributed by atoms with Gasteiger partial charge in [0.1, 0.15) is 0 Å². The van der Waals surface area contributed by atoms with E-state index in [2.05, 4.69) is 68.4 Å². The molecule has 1 heterocycles. The second-order valence-corrected chi connectivity index (χ2v) is 29.6. The second-order valence-electron chi connectivity index (χ2n) is 11.1. The van der Waals surface area contributed by atoms with Crippen molar-refractivity contribution in [1.29, 1.82) is 0 Å². The number of unbranched alkanes of at least 4 members (excludes halogenated alkanes) is 3. The van der Waals surface area contributed by atoms with Gasteiger partial charge >= 0.3 is 202 Å². The zero-order valence-corrected chi connectivity index (χ0v) is 26.5. The molecule has 0 aromatic carbocycles. The molecule has 0 aromatic heterocycles. The molecule has 0 spiro atoms. The van der Waals surface area contributed by atoms with Crippen molar-refractivity contribution in [1.82, 2.24) is 0 Å². The van der Waals surface area contributed by atoms with Gasteiger partial charge in [-0.05, 0) is 0 Å². The van der Waals surface area contributed by atoms with Crippen LogP contribution in [0.25, 0.3) is 0 Å². The third-order valence-corrected chi connectivity index (χ3v) is 29.1. The van der Waals surface area contributed by atoms with Crippen LogP contribution in [0.1, 0.15) is 114 Å². The number of hydrogen-bond donors (Lipinski definition) is 0. The van der Waals surface area contributed by atoms with E-state index in [-0.39, 0.29) is 6.10 Å². The van der Waals surface area contributed by atoms with E-state index in [1.807, 2.05) is 0 Å². The number of hydrogen-bond acceptors (Lipinski definition) is 2. The summed E-state index contributed by atoms with van der Waals surface area (Å²) in [5.74, 6) is 0. The third-order valence-electron chi connectivity index (χ3n) is 7.89. The Morgan fingerprint density at radius 1 is 0.871 bits per heavy atom. The predicted molar refractivity (Wildman–Crippen MR) is 144 cm³/mol. The van der Waals surface area contributed by atoms with Crippen molar-refractivity contribution in [2.75, 3.05) is 6.61 Å². The summed E-state index contributed by atoms with van der Waals surface area (Å²) < 4.78 is 19.9. The zero-order valence-electron chi connectivity index (χ0n) is 22.7. The fraction of sp³-hybridized carbons (Fsp3) is 0.926. The van der Waals surface area contributed by atoms with Crippen LogP contribution in [0.15, 0.2) is 9.85 Å². The Morgan fingerprint density at radius 2 is 1.32 bits per heavy atom. The van der Waals surface area contributed by atoms with E-state index < -0.39 is 26.7 Å². The molecule has 1 atom stereocenters. The molecular weight excluding hydrogens is 503 g/mol. The quantitative estimate of drug-likeness (QED) is 0.175. The summed E-state index contributed by atoms with van der Waals surface area (Å²) in [6, 6.07) is 0. The van der Waals surface area contributed by atoms with Crippen LogP contribution in [-0.2, 0) is 9.16 Å². The summed E-state index contributed by atoms with van der Waals surface area (Å²) in [4.78, 5) is 0. The Hall–Kier alpha value is 0.516. The Morgan fingerprint density at radius 3 is 1.71 bits per heavy atom. The van der Waals surface area contributed by atoms with Crippen LogP contribution in [0.4, 0.5) is 0 Å². The molecule has 1 rings (SSSR count). The van der Waals surface area contributed by atoms with Crippen LogP contribution in [0, 0.1) is 0 Å². The number of ether oxygens (including phenoxy) is 1. The molecule has 0 aliphatic carbocycles. The molecule has 0 aromatic rings. The van der Waals surface area contributed by atoms with Gasteiger partial charge in [0.05, 0.1) is 0 Å². The predicted octanol–water partition coefficient (Wildman–Crippen LogP) is 9.63. The van der Waals surface area contributed by atoms with E-state index in [9.17, 15) is 0 Å². The van der Waals surface area contributed by atoms with Crippen LogP contribution in [0.2, 0.25) is 29.9 Å². The van der Waals surface area contributed by atoms with Crippen LogP contribution < -0.4 is 0 Å². The maximum absolute atomic E-state index is 6.97. The molecule has 1 aliphatic heterocycles. The molecule has 0 N–H and O–H groups in total. The van der Waals surface area contributed by atoms with Crippen molar-refractivity contribution in [3.05, 3.63) is 9.85 Å². The fourth-order valence-corrected chi connectivity index (χ4v) is 27.6. The number of rotatable bonds is 16. The molecular formula is C27H56O2SiSn. The molecule has 184 valence electrons. The van der Waals surface area contributed by atoms with Crippen LogP contribution in [-0.4, -0.2) is 39.4 Å². The first kappa shape index (κ1) is 29.5. The fourth-order valence-electron chi connectivity index (χ4n) is 6.17. The Balaban J connectivity index is 3.02. The van der Waals surface area contributed by atoms with Gasteiger partial charge in [0, 0.05) is 0 Å². The number of allylic oxidation sites excluding steroid dienone is 1. The molecule has 0 unspecified atom stereocenters. The molecule has 2 nitrogen and oxygen atoms in total. The molecule has 0 bridgehead atoms. The topological polar surface area (TPSA) is 18.5 Å². The summed E-state index contributed by atoms with van der Waals surface area (Å²) in [5, 5.41) is 0. The molecule has 0 saturated carbocycles. The average Bonchev–Trinajstić information content (AvgIpc) is 2.73. The monoisotopic (exact) mass is 560 g/mol. The van der Waals surface area contributed by atoms with Gasteiger partial charge in [-0.1, -0.05) is 0 Å². The normalized spacial score (nSPS) is 18.1. The van der Waals surface area contributed by atoms with Gasteiger partial charge in [0.15, 0.2) is 0 Å². The van der Waals surface area contributed by atoms with E-state index in [1.54, 1.807) is 0 Å². The summed E-state index contributed by atoms with van der Waals surface area (Å²) in [6.45, 7) is 22.2. The van der Waals surface area contributed by atoms with Gasteiger partial charge in [0.25, 0.3) is 0 Å². The molecule has 0 radical (unpaired) electrons. The first-order valence-corrected chi connectivity index (χ1v) is 23.3. The van der Waals surface area contributed by atoms with E-state index in [0.29, 0.717) is 16.6 Å². The van der Waals surface area contributed by atoms with Crippen molar-refractivity contribution in [2.24, 2.45) is 0 Å². The van der Waals surface area contributed by atoms with Crippen molar-refractivity contribution >= 4 is 26.7 Å². The molecule has 4 heteroatoms. The standard InChI is InChI=1S/C15H29O2Si.3C4H9.Sn/c1-12(2)18(13(3)4,14(5)6)17-11-15-9-7-8-10-16-15;3*1-3-4-2;/h8,12-15H,7,9,11H2,1-6H3;3*1,3-4H2,2H3;/t15-;;;;/m1..../s1. The molecule has 1 aliphatic rings. The third kappa shape index (κ3) is 8.05. The second kappa shape index (κ2) is 14.7. The van der Waals surface area contributed by atoms with Crippen molar-refractivity contribution in [3.63, 3.8) is 0 Å². The Bertz CT molecular complexity index is 472. The summed E-state index contributed by atoms with van der Waals surface area (Å²) in [6.07, 6.45) is 13.3. The van der Waals surface area contributed by atoms with Crippen molar-refractivity contribution in [3.8, 4) is 0 Å². The van der Waals surface area contributed by atoms with Crippen LogP contribution in [0.5, 0.6) is 0 Å². The maximum atomic E-state index is 6.97. The van der Waals surface area contributed by atoms with Crippen molar-refractivity contribution in [2.45, 2.75) is 150 Å². The summed E-state index contributed by atoms with van der Waals surface area (Å²) in [7, 11) is -1.82. The molecule has 0 saturated heterocycles. The van der Waals surface area contributed by atoms with Gasteiger partial charge in [-0.25, -0.2) is 0 Å². The van der Waals surface area contributed by atoms with Crippen molar-refractivity contribution < 1.29 is 9.16 Å². The van der Waals surface area contributed by atoms with Gasteiger partial charge < -0.3 is 0 Å². The first-order valence-electron chi connectivity index (χ1n) is 13.7. The van der Waals surface area contributed by atoms with E-state index in [1.165, 1.54) is 62.0 Å². The average molecular weight is 560 g/mol. The Kier molecular flexibility index (Phi) is 14.0. The van der Waals surface area contributed by atoms with Crippen LogP contribution in [0.3, 0.4) is 0 Å². The van der Waals surface area contributed by atoms with Crippen LogP contribution >= 0.6 is 0 Å². The van der Waals surface area contributed by atoms with E-state index >= 15 is 0 Å². The van der Waals surface area contributed by atoms with E-state index in [0.717, 1.165) is 13.0 Å². The van der Waals surface area contributed by atoms with E-state index in [4.69, 9.17) is 9.16 Å². The minimum absolute atomic E-state index is 0.282. The van der Waals surface area contributed by atoms with Gasteiger partial charge in [-0.15, -0.1) is 0 Å².